The summed E-state index contributed by atoms with van der Waals surface area (Å²) in [5.41, 5.74) is 6.25. The number of hydrogen-bond acceptors (Lipinski definition) is 4. The molecule has 0 saturated carbocycles. The van der Waals surface area contributed by atoms with Crippen molar-refractivity contribution in [2.75, 3.05) is 18.9 Å². The van der Waals surface area contributed by atoms with Gasteiger partial charge in [-0.05, 0) is 37.4 Å². The number of amides is 3. The summed E-state index contributed by atoms with van der Waals surface area (Å²) in [6.07, 6.45) is 0.863. The molecule has 1 spiro atoms. The van der Waals surface area contributed by atoms with Gasteiger partial charge in [0.2, 0.25) is 17.7 Å². The van der Waals surface area contributed by atoms with Gasteiger partial charge in [0.05, 0.1) is 11.5 Å². The molecule has 2 aliphatic rings. The smallest absolute Gasteiger partial charge is 0.240 e. The molecule has 148 valence electrons. The number of halogens is 1. The first kappa shape index (κ1) is 21.2. The normalized spacial score (nSPS) is 24.5. The van der Waals surface area contributed by atoms with Gasteiger partial charge in [0.1, 0.15) is 6.04 Å². The SMILES string of the molecule is CN[C@@H](CC(C)C)C(=O)N1C[C@]2(C[C@H]1C(N)=O)C(=O)Nc1ccccc12.Cl. The molecule has 7 nitrogen and oxygen atoms in total. The standard InChI is InChI=1S/C19H26N4O3.ClH/c1-11(2)8-14(21-3)17(25)23-10-19(9-15(23)16(20)24)12-6-4-5-7-13(12)22-18(19)26;/h4-7,11,14-15,21H,8-10H2,1-3H3,(H2,20,24)(H,22,26);1H/t14-,15-,19-;/m0./s1. The number of carbonyl (C=O) groups is 3. The molecule has 3 rings (SSSR count). The zero-order valence-corrected chi connectivity index (χ0v) is 16.6. The Morgan fingerprint density at radius 2 is 2.04 bits per heavy atom. The Balaban J connectivity index is 0.00000261. The number of nitrogens with one attached hydrogen (secondary N) is 2. The third-order valence-electron chi connectivity index (χ3n) is 5.45. The highest BCUT2D eigenvalue weighted by Crippen LogP contribution is 2.46. The maximum atomic E-state index is 13.1. The van der Waals surface area contributed by atoms with Crippen LogP contribution in [-0.2, 0) is 19.8 Å². The van der Waals surface area contributed by atoms with Crippen LogP contribution in [-0.4, -0.2) is 48.3 Å². The molecule has 0 unspecified atom stereocenters. The van der Waals surface area contributed by atoms with E-state index in [9.17, 15) is 14.4 Å². The Bertz CT molecular complexity index is 754. The second-order valence-electron chi connectivity index (χ2n) is 7.64. The monoisotopic (exact) mass is 394 g/mol. The van der Waals surface area contributed by atoms with Crippen molar-refractivity contribution in [3.63, 3.8) is 0 Å². The summed E-state index contributed by atoms with van der Waals surface area (Å²) in [6, 6.07) is 6.22. The molecule has 27 heavy (non-hydrogen) atoms. The van der Waals surface area contributed by atoms with E-state index in [1.165, 1.54) is 4.90 Å². The molecule has 1 fully saturated rings. The van der Waals surface area contributed by atoms with Crippen molar-refractivity contribution in [2.45, 2.75) is 44.2 Å². The molecule has 0 radical (unpaired) electrons. The summed E-state index contributed by atoms with van der Waals surface area (Å²) in [7, 11) is 1.73. The molecule has 8 heteroatoms. The largest absolute Gasteiger partial charge is 0.368 e. The maximum absolute atomic E-state index is 13.1. The zero-order valence-electron chi connectivity index (χ0n) is 15.8. The Hall–Kier alpha value is -2.12. The lowest BCUT2D eigenvalue weighted by atomic mass is 9.79. The predicted molar refractivity (Wildman–Crippen MR) is 106 cm³/mol. The number of anilines is 1. The van der Waals surface area contributed by atoms with E-state index in [2.05, 4.69) is 10.6 Å². The first-order valence-corrected chi connectivity index (χ1v) is 8.98. The van der Waals surface area contributed by atoms with E-state index in [1.54, 1.807) is 7.05 Å². The molecule has 0 bridgehead atoms. The minimum absolute atomic E-state index is 0. The average Bonchev–Trinajstić information content (AvgIpc) is 3.13. The Labute approximate surface area is 165 Å². The number of fused-ring (bicyclic) bond motifs is 2. The van der Waals surface area contributed by atoms with Gasteiger partial charge >= 0.3 is 0 Å². The van der Waals surface area contributed by atoms with E-state index in [0.29, 0.717) is 12.3 Å². The second kappa shape index (κ2) is 7.86. The molecule has 2 heterocycles. The number of likely N-dealkylation sites (N-methyl/N-ethyl adjacent to an activating group) is 1. The highest BCUT2D eigenvalue weighted by atomic mass is 35.5. The topological polar surface area (TPSA) is 105 Å². The summed E-state index contributed by atoms with van der Waals surface area (Å²) in [6.45, 7) is 4.24. The van der Waals surface area contributed by atoms with E-state index >= 15 is 0 Å². The molecular weight excluding hydrogens is 368 g/mol. The number of nitrogens with two attached hydrogens (primary N) is 1. The van der Waals surface area contributed by atoms with Gasteiger partial charge in [0.15, 0.2) is 0 Å². The molecule has 0 aromatic heterocycles. The fraction of sp³-hybridized carbons (Fsp3) is 0.526. The average molecular weight is 395 g/mol. The molecule has 3 amide bonds. The van der Waals surface area contributed by atoms with E-state index in [0.717, 1.165) is 11.3 Å². The van der Waals surface area contributed by atoms with Crippen molar-refractivity contribution in [3.8, 4) is 0 Å². The number of nitrogens with zero attached hydrogens (tertiary/aromatic N) is 1. The summed E-state index contributed by atoms with van der Waals surface area (Å²) in [5, 5.41) is 5.91. The first-order valence-electron chi connectivity index (χ1n) is 8.98. The van der Waals surface area contributed by atoms with Crippen molar-refractivity contribution >= 4 is 35.8 Å². The molecular formula is C19H27ClN4O3. The Morgan fingerprint density at radius 3 is 2.63 bits per heavy atom. The van der Waals surface area contributed by atoms with Crippen LogP contribution in [0.5, 0.6) is 0 Å². The number of hydrogen-bond donors (Lipinski definition) is 3. The van der Waals surface area contributed by atoms with Gasteiger partial charge in [-0.3, -0.25) is 14.4 Å². The third kappa shape index (κ3) is 3.53. The number of rotatable bonds is 5. The zero-order chi connectivity index (χ0) is 19.1. The minimum atomic E-state index is -0.915. The van der Waals surface area contributed by atoms with Crippen molar-refractivity contribution in [2.24, 2.45) is 11.7 Å². The Kier molecular flexibility index (Phi) is 6.17. The summed E-state index contributed by atoms with van der Waals surface area (Å²) < 4.78 is 0. The summed E-state index contributed by atoms with van der Waals surface area (Å²) >= 11 is 0. The van der Waals surface area contributed by atoms with Crippen LogP contribution >= 0.6 is 12.4 Å². The van der Waals surface area contributed by atoms with Crippen LogP contribution in [0.25, 0.3) is 0 Å². The van der Waals surface area contributed by atoms with Gasteiger partial charge in [-0.1, -0.05) is 32.0 Å². The lowest BCUT2D eigenvalue weighted by Gasteiger charge is -2.28. The molecule has 1 aromatic rings. The number of benzene rings is 1. The van der Waals surface area contributed by atoms with Crippen LogP contribution < -0.4 is 16.4 Å². The quantitative estimate of drug-likeness (QED) is 0.693. The highest BCUT2D eigenvalue weighted by Gasteiger charge is 2.57. The molecule has 0 aliphatic carbocycles. The molecule has 3 atom stereocenters. The van der Waals surface area contributed by atoms with E-state index < -0.39 is 23.4 Å². The summed E-state index contributed by atoms with van der Waals surface area (Å²) in [4.78, 5) is 39.5. The lowest BCUT2D eigenvalue weighted by Crippen LogP contribution is -2.51. The van der Waals surface area contributed by atoms with Crippen molar-refractivity contribution in [1.29, 1.82) is 0 Å². The van der Waals surface area contributed by atoms with Gasteiger partial charge < -0.3 is 21.3 Å². The fourth-order valence-electron chi connectivity index (χ4n) is 4.14. The van der Waals surface area contributed by atoms with Crippen LogP contribution in [0.15, 0.2) is 24.3 Å². The van der Waals surface area contributed by atoms with Crippen molar-refractivity contribution in [1.82, 2.24) is 10.2 Å². The molecule has 4 N–H and O–H groups in total. The van der Waals surface area contributed by atoms with Crippen LogP contribution in [0.4, 0.5) is 5.69 Å². The van der Waals surface area contributed by atoms with E-state index in [-0.39, 0.29) is 37.2 Å². The number of likely N-dealkylation sites (tertiary alicyclic amines) is 1. The third-order valence-corrected chi connectivity index (χ3v) is 5.45. The molecule has 2 aliphatic heterocycles. The van der Waals surface area contributed by atoms with E-state index in [1.807, 2.05) is 38.1 Å². The van der Waals surface area contributed by atoms with Gasteiger partial charge in [-0.2, -0.15) is 0 Å². The van der Waals surface area contributed by atoms with Crippen LogP contribution in [0.2, 0.25) is 0 Å². The van der Waals surface area contributed by atoms with Crippen LogP contribution in [0.1, 0.15) is 32.3 Å². The fourth-order valence-corrected chi connectivity index (χ4v) is 4.14. The maximum Gasteiger partial charge on any atom is 0.240 e. The predicted octanol–water partition coefficient (Wildman–Crippen LogP) is 1.02. The highest BCUT2D eigenvalue weighted by molar-refractivity contribution is 6.08. The lowest BCUT2D eigenvalue weighted by molar-refractivity contribution is -0.139. The van der Waals surface area contributed by atoms with Crippen LogP contribution in [0.3, 0.4) is 0 Å². The van der Waals surface area contributed by atoms with Gasteiger partial charge in [0, 0.05) is 12.2 Å². The van der Waals surface area contributed by atoms with E-state index in [4.69, 9.17) is 5.73 Å². The van der Waals surface area contributed by atoms with Gasteiger partial charge in [-0.25, -0.2) is 0 Å². The molecule has 1 saturated heterocycles. The van der Waals surface area contributed by atoms with Gasteiger partial charge in [-0.15, -0.1) is 12.4 Å². The van der Waals surface area contributed by atoms with Crippen molar-refractivity contribution < 1.29 is 14.4 Å². The van der Waals surface area contributed by atoms with Crippen molar-refractivity contribution in [3.05, 3.63) is 29.8 Å². The summed E-state index contributed by atoms with van der Waals surface area (Å²) in [5.74, 6) is -0.619. The van der Waals surface area contributed by atoms with Crippen LogP contribution in [0, 0.1) is 5.92 Å². The first-order chi connectivity index (χ1) is 12.3. The van der Waals surface area contributed by atoms with Gasteiger partial charge in [0.25, 0.3) is 0 Å². The Morgan fingerprint density at radius 1 is 1.37 bits per heavy atom. The molecule has 1 aromatic carbocycles. The number of para-hydroxylation sites is 1. The second-order valence-corrected chi connectivity index (χ2v) is 7.64. The minimum Gasteiger partial charge on any atom is -0.368 e. The number of carbonyl (C=O) groups excluding carboxylic acids is 3. The number of primary amides is 1.